The van der Waals surface area contributed by atoms with Crippen LogP contribution in [0.1, 0.15) is 12.5 Å². The van der Waals surface area contributed by atoms with Gasteiger partial charge in [-0.1, -0.05) is 6.07 Å². The van der Waals surface area contributed by atoms with Gasteiger partial charge in [0.2, 0.25) is 0 Å². The third kappa shape index (κ3) is 4.63. The van der Waals surface area contributed by atoms with Gasteiger partial charge < -0.3 is 19.5 Å². The molecule has 0 heterocycles. The smallest absolute Gasteiger partial charge is 0.161 e. The lowest BCUT2D eigenvalue weighted by molar-refractivity contribution is 0.199. The first-order chi connectivity index (χ1) is 8.31. The Balaban J connectivity index is 2.56. The van der Waals surface area contributed by atoms with Gasteiger partial charge in [-0.2, -0.15) is 0 Å². The number of nitrogens with one attached hydrogen (secondary N) is 1. The maximum Gasteiger partial charge on any atom is 0.161 e. The number of methoxy groups -OCH3 is 2. The Morgan fingerprint density at radius 2 is 2.00 bits per heavy atom. The van der Waals surface area contributed by atoms with E-state index in [0.29, 0.717) is 13.2 Å². The lowest BCUT2D eigenvalue weighted by Crippen LogP contribution is -2.18. The first-order valence-electron chi connectivity index (χ1n) is 5.81. The molecular weight excluding hydrogens is 218 g/mol. The van der Waals surface area contributed by atoms with Crippen LogP contribution in [0.3, 0.4) is 0 Å². The van der Waals surface area contributed by atoms with E-state index in [0.717, 1.165) is 24.6 Å². The van der Waals surface area contributed by atoms with E-state index < -0.39 is 0 Å². The normalized spacial score (nSPS) is 10.3. The third-order valence-electron chi connectivity index (χ3n) is 2.34. The fourth-order valence-corrected chi connectivity index (χ4v) is 1.50. The molecule has 0 unspecified atom stereocenters. The summed E-state index contributed by atoms with van der Waals surface area (Å²) >= 11 is 0. The molecule has 0 fully saturated rings. The second-order valence-corrected chi connectivity index (χ2v) is 3.59. The largest absolute Gasteiger partial charge is 0.493 e. The average molecular weight is 239 g/mol. The Morgan fingerprint density at radius 1 is 1.18 bits per heavy atom. The first-order valence-corrected chi connectivity index (χ1v) is 5.81. The van der Waals surface area contributed by atoms with E-state index in [2.05, 4.69) is 5.32 Å². The van der Waals surface area contributed by atoms with Crippen LogP contribution in [0.2, 0.25) is 0 Å². The van der Waals surface area contributed by atoms with E-state index >= 15 is 0 Å². The minimum atomic E-state index is 0.641. The summed E-state index contributed by atoms with van der Waals surface area (Å²) in [5.74, 6) is 1.56. The van der Waals surface area contributed by atoms with Crippen LogP contribution in [-0.2, 0) is 11.3 Å². The molecule has 0 radical (unpaired) electrons. The van der Waals surface area contributed by atoms with Crippen molar-refractivity contribution >= 4 is 0 Å². The van der Waals surface area contributed by atoms with Crippen molar-refractivity contribution in [1.29, 1.82) is 0 Å². The highest BCUT2D eigenvalue weighted by molar-refractivity contribution is 5.42. The molecule has 0 saturated heterocycles. The molecule has 4 nitrogen and oxygen atoms in total. The summed E-state index contributed by atoms with van der Waals surface area (Å²) in [6.07, 6.45) is 0. The molecule has 0 aliphatic heterocycles. The van der Waals surface area contributed by atoms with Crippen LogP contribution >= 0.6 is 0 Å². The quantitative estimate of drug-likeness (QED) is 0.703. The van der Waals surface area contributed by atoms with Crippen molar-refractivity contribution in [2.24, 2.45) is 0 Å². The minimum Gasteiger partial charge on any atom is -0.493 e. The number of ether oxygens (including phenoxy) is 3. The lowest BCUT2D eigenvalue weighted by Gasteiger charge is -2.11. The molecule has 0 aliphatic rings. The zero-order valence-corrected chi connectivity index (χ0v) is 10.8. The molecule has 0 saturated carbocycles. The molecule has 0 aliphatic carbocycles. The van der Waals surface area contributed by atoms with Gasteiger partial charge in [0, 0.05) is 20.2 Å². The highest BCUT2D eigenvalue weighted by Crippen LogP contribution is 2.27. The summed E-state index contributed by atoms with van der Waals surface area (Å²) in [7, 11) is 3.35. The summed E-state index contributed by atoms with van der Waals surface area (Å²) in [6.45, 7) is 4.95. The van der Waals surface area contributed by atoms with E-state index in [9.17, 15) is 0 Å². The van der Waals surface area contributed by atoms with Crippen molar-refractivity contribution in [3.05, 3.63) is 23.8 Å². The molecular formula is C13H21NO3. The Hall–Kier alpha value is -1.26. The fourth-order valence-electron chi connectivity index (χ4n) is 1.50. The average Bonchev–Trinajstić information content (AvgIpc) is 2.36. The van der Waals surface area contributed by atoms with E-state index in [-0.39, 0.29) is 0 Å². The van der Waals surface area contributed by atoms with Gasteiger partial charge in [-0.3, -0.25) is 0 Å². The summed E-state index contributed by atoms with van der Waals surface area (Å²) in [6, 6.07) is 5.97. The molecule has 1 aromatic carbocycles. The van der Waals surface area contributed by atoms with Gasteiger partial charge >= 0.3 is 0 Å². The molecule has 96 valence electrons. The van der Waals surface area contributed by atoms with Crippen LogP contribution < -0.4 is 14.8 Å². The Kier molecular flexibility index (Phi) is 6.43. The molecule has 17 heavy (non-hydrogen) atoms. The second-order valence-electron chi connectivity index (χ2n) is 3.59. The van der Waals surface area contributed by atoms with Crippen molar-refractivity contribution < 1.29 is 14.2 Å². The van der Waals surface area contributed by atoms with Gasteiger partial charge in [0.25, 0.3) is 0 Å². The third-order valence-corrected chi connectivity index (χ3v) is 2.34. The number of rotatable bonds is 8. The zero-order chi connectivity index (χ0) is 12.5. The molecule has 0 atom stereocenters. The molecule has 0 amide bonds. The molecule has 0 aromatic heterocycles. The predicted octanol–water partition coefficient (Wildman–Crippen LogP) is 1.83. The second kappa shape index (κ2) is 7.92. The zero-order valence-electron chi connectivity index (χ0n) is 10.8. The van der Waals surface area contributed by atoms with Crippen molar-refractivity contribution in [3.63, 3.8) is 0 Å². The maximum absolute atomic E-state index is 5.46. The van der Waals surface area contributed by atoms with Crippen molar-refractivity contribution in [1.82, 2.24) is 5.32 Å². The highest BCUT2D eigenvalue weighted by Gasteiger charge is 2.04. The molecule has 1 N–H and O–H groups in total. The number of hydrogen-bond acceptors (Lipinski definition) is 4. The number of hydrogen-bond donors (Lipinski definition) is 1. The molecule has 1 aromatic rings. The topological polar surface area (TPSA) is 39.7 Å². The van der Waals surface area contributed by atoms with Crippen LogP contribution in [0.4, 0.5) is 0 Å². The lowest BCUT2D eigenvalue weighted by atomic mass is 10.2. The minimum absolute atomic E-state index is 0.641. The van der Waals surface area contributed by atoms with Crippen molar-refractivity contribution in [2.45, 2.75) is 13.5 Å². The van der Waals surface area contributed by atoms with Gasteiger partial charge in [-0.25, -0.2) is 0 Å². The Bertz CT molecular complexity index is 328. The van der Waals surface area contributed by atoms with E-state index in [1.807, 2.05) is 25.1 Å². The van der Waals surface area contributed by atoms with Crippen molar-refractivity contribution in [3.8, 4) is 11.5 Å². The SMILES string of the molecule is CCOc1ccc(CNCCOC)cc1OC. The fraction of sp³-hybridized carbons (Fsp3) is 0.538. The molecule has 1 rings (SSSR count). The molecule has 4 heteroatoms. The van der Waals surface area contributed by atoms with Gasteiger partial charge in [0.05, 0.1) is 20.3 Å². The monoisotopic (exact) mass is 239 g/mol. The predicted molar refractivity (Wildman–Crippen MR) is 67.7 cm³/mol. The van der Waals surface area contributed by atoms with E-state index in [4.69, 9.17) is 14.2 Å². The molecule has 0 spiro atoms. The van der Waals surface area contributed by atoms with Crippen LogP contribution in [0.25, 0.3) is 0 Å². The van der Waals surface area contributed by atoms with Gasteiger partial charge in [-0.15, -0.1) is 0 Å². The summed E-state index contributed by atoms with van der Waals surface area (Å²) < 4.78 is 15.7. The highest BCUT2D eigenvalue weighted by atomic mass is 16.5. The first kappa shape index (κ1) is 13.8. The van der Waals surface area contributed by atoms with Gasteiger partial charge in [0.1, 0.15) is 0 Å². The van der Waals surface area contributed by atoms with E-state index in [1.54, 1.807) is 14.2 Å². The van der Waals surface area contributed by atoms with Crippen LogP contribution in [-0.4, -0.2) is 34.0 Å². The maximum atomic E-state index is 5.46. The summed E-state index contributed by atoms with van der Waals surface area (Å²) in [4.78, 5) is 0. The Labute approximate surface area is 103 Å². The van der Waals surface area contributed by atoms with Crippen molar-refractivity contribution in [2.75, 3.05) is 34.0 Å². The van der Waals surface area contributed by atoms with Gasteiger partial charge in [-0.05, 0) is 24.6 Å². The summed E-state index contributed by atoms with van der Waals surface area (Å²) in [5, 5.41) is 3.28. The van der Waals surface area contributed by atoms with Gasteiger partial charge in [0.15, 0.2) is 11.5 Å². The standard InChI is InChI=1S/C13H21NO3/c1-4-17-12-6-5-11(9-13(12)16-3)10-14-7-8-15-2/h5-6,9,14H,4,7-8,10H2,1-3H3. The van der Waals surface area contributed by atoms with Crippen LogP contribution in [0.5, 0.6) is 11.5 Å². The molecule has 0 bridgehead atoms. The Morgan fingerprint density at radius 3 is 2.65 bits per heavy atom. The van der Waals surface area contributed by atoms with Crippen LogP contribution in [0, 0.1) is 0 Å². The number of benzene rings is 1. The summed E-state index contributed by atoms with van der Waals surface area (Å²) in [5.41, 5.74) is 1.17. The van der Waals surface area contributed by atoms with Crippen LogP contribution in [0.15, 0.2) is 18.2 Å². The van der Waals surface area contributed by atoms with E-state index in [1.165, 1.54) is 5.56 Å².